The Morgan fingerprint density at radius 2 is 2.27 bits per heavy atom. The number of carbonyl (C=O) groups is 1. The van der Waals surface area contributed by atoms with Crippen molar-refractivity contribution < 1.29 is 13.9 Å². The van der Waals surface area contributed by atoms with Crippen molar-refractivity contribution in [3.63, 3.8) is 0 Å². The van der Waals surface area contributed by atoms with Gasteiger partial charge in [0.2, 0.25) is 5.76 Å². The largest absolute Gasteiger partial charge is 0.463 e. The van der Waals surface area contributed by atoms with Gasteiger partial charge in [0.15, 0.2) is 0 Å². The number of furan rings is 1. The Balaban J connectivity index is 2.79. The minimum atomic E-state index is -0.437. The van der Waals surface area contributed by atoms with Gasteiger partial charge < -0.3 is 9.15 Å². The summed E-state index contributed by atoms with van der Waals surface area (Å²) in [7, 11) is 3.34. The van der Waals surface area contributed by atoms with E-state index in [0.717, 1.165) is 12.3 Å². The lowest BCUT2D eigenvalue weighted by Crippen LogP contribution is -2.21. The third-order valence-corrected chi connectivity index (χ3v) is 2.59. The molecule has 4 nitrogen and oxygen atoms in total. The molecule has 0 saturated carbocycles. The topological polar surface area (TPSA) is 42.7 Å². The molecule has 15 heavy (non-hydrogen) atoms. The van der Waals surface area contributed by atoms with Crippen LogP contribution in [0, 0.1) is 0 Å². The smallest absolute Gasteiger partial charge is 0.373 e. The molecule has 1 rings (SSSR count). The van der Waals surface area contributed by atoms with E-state index in [9.17, 15) is 4.79 Å². The molecule has 0 aromatic carbocycles. The summed E-state index contributed by atoms with van der Waals surface area (Å²) in [6.07, 6.45) is 0. The van der Waals surface area contributed by atoms with Crippen molar-refractivity contribution in [2.75, 3.05) is 20.7 Å². The average molecular weight is 211 g/mol. The van der Waals surface area contributed by atoms with Crippen LogP contribution in [0.2, 0.25) is 0 Å². The number of nitrogens with zero attached hydrogens (tertiary/aromatic N) is 1. The minimum Gasteiger partial charge on any atom is -0.463 e. The van der Waals surface area contributed by atoms with Crippen LogP contribution in [0.3, 0.4) is 0 Å². The van der Waals surface area contributed by atoms with Crippen LogP contribution in [-0.4, -0.2) is 31.6 Å². The summed E-state index contributed by atoms with van der Waals surface area (Å²) in [6.45, 7) is 5.03. The second kappa shape index (κ2) is 4.98. The van der Waals surface area contributed by atoms with E-state index >= 15 is 0 Å². The molecule has 0 aliphatic carbocycles. The second-order valence-corrected chi connectivity index (χ2v) is 3.44. The van der Waals surface area contributed by atoms with Crippen molar-refractivity contribution in [1.82, 2.24) is 4.90 Å². The summed E-state index contributed by atoms with van der Waals surface area (Å²) in [5.41, 5.74) is 0. The minimum absolute atomic E-state index is 0.161. The van der Waals surface area contributed by atoms with Gasteiger partial charge in [0.05, 0.1) is 13.2 Å². The van der Waals surface area contributed by atoms with E-state index < -0.39 is 5.97 Å². The molecule has 1 aromatic rings. The van der Waals surface area contributed by atoms with E-state index in [1.54, 1.807) is 6.07 Å². The van der Waals surface area contributed by atoms with Crippen molar-refractivity contribution in [2.24, 2.45) is 0 Å². The summed E-state index contributed by atoms with van der Waals surface area (Å²) in [5, 5.41) is 0. The van der Waals surface area contributed by atoms with Crippen LogP contribution in [-0.2, 0) is 4.74 Å². The number of rotatable bonds is 4. The maximum Gasteiger partial charge on any atom is 0.373 e. The average Bonchev–Trinajstić information content (AvgIpc) is 2.75. The Morgan fingerprint density at radius 3 is 2.80 bits per heavy atom. The molecule has 1 atom stereocenters. The molecule has 0 amide bonds. The molecular weight excluding hydrogens is 194 g/mol. The lowest BCUT2D eigenvalue weighted by atomic mass is 10.2. The van der Waals surface area contributed by atoms with Crippen molar-refractivity contribution in [3.8, 4) is 0 Å². The molecule has 0 bridgehead atoms. The van der Waals surface area contributed by atoms with Crippen LogP contribution in [0.15, 0.2) is 16.5 Å². The van der Waals surface area contributed by atoms with Crippen LogP contribution in [0.5, 0.6) is 0 Å². The Hall–Kier alpha value is -1.29. The van der Waals surface area contributed by atoms with E-state index in [0.29, 0.717) is 0 Å². The van der Waals surface area contributed by atoms with Crippen molar-refractivity contribution in [3.05, 3.63) is 23.7 Å². The molecule has 0 radical (unpaired) electrons. The highest BCUT2D eigenvalue weighted by atomic mass is 16.5. The molecule has 0 N–H and O–H groups in total. The second-order valence-electron chi connectivity index (χ2n) is 3.44. The first-order valence-electron chi connectivity index (χ1n) is 4.98. The van der Waals surface area contributed by atoms with Gasteiger partial charge in [0.25, 0.3) is 0 Å². The number of ether oxygens (including phenoxy) is 1. The molecular formula is C11H17NO3. The number of esters is 1. The van der Waals surface area contributed by atoms with Gasteiger partial charge in [-0.25, -0.2) is 4.79 Å². The molecule has 1 aromatic heterocycles. The van der Waals surface area contributed by atoms with Crippen LogP contribution in [0.4, 0.5) is 0 Å². The summed E-state index contributed by atoms with van der Waals surface area (Å²) in [6, 6.07) is 3.61. The van der Waals surface area contributed by atoms with Crippen LogP contribution < -0.4 is 0 Å². The molecule has 1 heterocycles. The Morgan fingerprint density at radius 1 is 1.60 bits per heavy atom. The lowest BCUT2D eigenvalue weighted by Gasteiger charge is -2.20. The number of hydrogen-bond acceptors (Lipinski definition) is 4. The number of carbonyl (C=O) groups excluding carboxylic acids is 1. The van der Waals surface area contributed by atoms with Gasteiger partial charge in [-0.2, -0.15) is 0 Å². The third-order valence-electron chi connectivity index (χ3n) is 2.59. The van der Waals surface area contributed by atoms with E-state index in [4.69, 9.17) is 4.42 Å². The van der Waals surface area contributed by atoms with Gasteiger partial charge in [0.1, 0.15) is 5.76 Å². The van der Waals surface area contributed by atoms with Crippen LogP contribution in [0.1, 0.15) is 36.2 Å². The molecule has 0 saturated heterocycles. The molecule has 0 spiro atoms. The standard InChI is InChI=1S/C11H17NO3/c1-5-12(3)8(2)9-6-7-10(15-9)11(13)14-4/h6-8H,5H2,1-4H3. The highest BCUT2D eigenvalue weighted by molar-refractivity contribution is 5.86. The lowest BCUT2D eigenvalue weighted by molar-refractivity contribution is 0.0560. The van der Waals surface area contributed by atoms with E-state index in [2.05, 4.69) is 16.6 Å². The third kappa shape index (κ3) is 2.59. The zero-order chi connectivity index (χ0) is 11.4. The molecule has 4 heteroatoms. The maximum atomic E-state index is 11.2. The zero-order valence-electron chi connectivity index (χ0n) is 9.61. The van der Waals surface area contributed by atoms with E-state index in [1.165, 1.54) is 7.11 Å². The maximum absolute atomic E-state index is 11.2. The fourth-order valence-corrected chi connectivity index (χ4v) is 1.28. The van der Waals surface area contributed by atoms with Crippen LogP contribution >= 0.6 is 0 Å². The Labute approximate surface area is 89.8 Å². The SMILES string of the molecule is CCN(C)C(C)c1ccc(C(=O)OC)o1. The summed E-state index contributed by atoms with van der Waals surface area (Å²) in [4.78, 5) is 13.3. The first kappa shape index (κ1) is 11.8. The zero-order valence-corrected chi connectivity index (χ0v) is 9.61. The molecule has 0 fully saturated rings. The first-order valence-corrected chi connectivity index (χ1v) is 4.98. The van der Waals surface area contributed by atoms with Gasteiger partial charge in [-0.05, 0) is 32.6 Å². The number of methoxy groups -OCH3 is 1. The van der Waals surface area contributed by atoms with Crippen molar-refractivity contribution in [1.29, 1.82) is 0 Å². The fraction of sp³-hybridized carbons (Fsp3) is 0.545. The summed E-state index contributed by atoms with van der Waals surface area (Å²) < 4.78 is 9.97. The first-order chi connectivity index (χ1) is 7.10. The predicted octanol–water partition coefficient (Wildman–Crippen LogP) is 2.08. The van der Waals surface area contributed by atoms with E-state index in [1.807, 2.05) is 20.0 Å². The van der Waals surface area contributed by atoms with Gasteiger partial charge in [-0.15, -0.1) is 0 Å². The van der Waals surface area contributed by atoms with Gasteiger partial charge >= 0.3 is 5.97 Å². The van der Waals surface area contributed by atoms with Crippen molar-refractivity contribution in [2.45, 2.75) is 19.9 Å². The highest BCUT2D eigenvalue weighted by Crippen LogP contribution is 2.21. The molecule has 84 valence electrons. The highest BCUT2D eigenvalue weighted by Gasteiger charge is 2.17. The quantitative estimate of drug-likeness (QED) is 0.715. The predicted molar refractivity (Wildman–Crippen MR) is 56.8 cm³/mol. The number of hydrogen-bond donors (Lipinski definition) is 0. The van der Waals surface area contributed by atoms with Crippen LogP contribution in [0.25, 0.3) is 0 Å². The van der Waals surface area contributed by atoms with E-state index in [-0.39, 0.29) is 11.8 Å². The van der Waals surface area contributed by atoms with Crippen molar-refractivity contribution >= 4 is 5.97 Å². The molecule has 0 aliphatic rings. The molecule has 1 unspecified atom stereocenters. The van der Waals surface area contributed by atoms with Gasteiger partial charge in [-0.3, -0.25) is 4.90 Å². The fourth-order valence-electron chi connectivity index (χ4n) is 1.28. The summed E-state index contributed by atoms with van der Waals surface area (Å²) >= 11 is 0. The Bertz CT molecular complexity index is 332. The Kier molecular flexibility index (Phi) is 3.91. The monoisotopic (exact) mass is 211 g/mol. The summed E-state index contributed by atoms with van der Waals surface area (Å²) in [5.74, 6) is 0.594. The molecule has 0 aliphatic heterocycles. The van der Waals surface area contributed by atoms with Gasteiger partial charge in [0, 0.05) is 0 Å². The van der Waals surface area contributed by atoms with Gasteiger partial charge in [-0.1, -0.05) is 6.92 Å². The normalized spacial score (nSPS) is 12.9.